The number of rotatable bonds is 7. The number of ether oxygens (including phenoxy) is 2. The highest BCUT2D eigenvalue weighted by molar-refractivity contribution is 5.90. The van der Waals surface area contributed by atoms with Crippen LogP contribution in [0.2, 0.25) is 0 Å². The number of pyridine rings is 1. The Labute approximate surface area is 226 Å². The van der Waals surface area contributed by atoms with E-state index in [0.717, 1.165) is 27.6 Å². The zero-order valence-electron chi connectivity index (χ0n) is 21.6. The minimum Gasteiger partial charge on any atom is -0.467 e. The molecule has 1 N–H and O–H groups in total. The van der Waals surface area contributed by atoms with E-state index in [2.05, 4.69) is 10.3 Å². The predicted molar refractivity (Wildman–Crippen MR) is 145 cm³/mol. The van der Waals surface area contributed by atoms with Crippen LogP contribution in [0.1, 0.15) is 22.4 Å². The molecule has 0 fully saturated rings. The number of fused-ring (bicyclic) bond motifs is 2. The number of aromatic nitrogens is 1. The van der Waals surface area contributed by atoms with Gasteiger partial charge in [-0.05, 0) is 28.8 Å². The molecule has 1 aliphatic heterocycles. The lowest BCUT2D eigenvalue weighted by Gasteiger charge is -2.35. The molecule has 1 aliphatic rings. The molecule has 0 saturated heterocycles. The van der Waals surface area contributed by atoms with E-state index < -0.39 is 30.1 Å². The highest BCUT2D eigenvalue weighted by atomic mass is 16.6. The number of methoxy groups -OCH3 is 1. The highest BCUT2D eigenvalue weighted by Crippen LogP contribution is 2.25. The monoisotopic (exact) mass is 523 g/mol. The number of hydrogen-bond donors (Lipinski definition) is 1. The van der Waals surface area contributed by atoms with Crippen LogP contribution < -0.4 is 5.32 Å². The molecule has 0 aliphatic carbocycles. The lowest BCUT2D eigenvalue weighted by molar-refractivity contribution is -0.145. The lowest BCUT2D eigenvalue weighted by Crippen LogP contribution is -2.56. The summed E-state index contributed by atoms with van der Waals surface area (Å²) < 4.78 is 10.6. The van der Waals surface area contributed by atoms with Gasteiger partial charge in [-0.25, -0.2) is 9.59 Å². The number of carbonyl (C=O) groups is 3. The van der Waals surface area contributed by atoms with Crippen LogP contribution in [0.25, 0.3) is 10.9 Å². The normalized spacial score (nSPS) is 15.2. The molecule has 4 aromatic rings. The van der Waals surface area contributed by atoms with Crippen molar-refractivity contribution >= 4 is 28.9 Å². The smallest absolute Gasteiger partial charge is 0.411 e. The highest BCUT2D eigenvalue weighted by Gasteiger charge is 2.37. The summed E-state index contributed by atoms with van der Waals surface area (Å²) in [6, 6.07) is 26.6. The average molecular weight is 524 g/mol. The molecule has 3 aromatic carbocycles. The Morgan fingerprint density at radius 2 is 1.64 bits per heavy atom. The Morgan fingerprint density at radius 1 is 0.923 bits per heavy atom. The van der Waals surface area contributed by atoms with Gasteiger partial charge in [0.05, 0.1) is 19.2 Å². The summed E-state index contributed by atoms with van der Waals surface area (Å²) in [4.78, 5) is 45.6. The van der Waals surface area contributed by atoms with Crippen molar-refractivity contribution in [2.75, 3.05) is 7.11 Å². The van der Waals surface area contributed by atoms with Crippen LogP contribution in [0.15, 0.2) is 91.0 Å². The Hall–Kier alpha value is -4.72. The molecular weight excluding hydrogens is 494 g/mol. The van der Waals surface area contributed by atoms with E-state index in [-0.39, 0.29) is 19.6 Å². The molecule has 2 amide bonds. The third kappa shape index (κ3) is 6.06. The van der Waals surface area contributed by atoms with Crippen LogP contribution in [-0.2, 0) is 45.1 Å². The van der Waals surface area contributed by atoms with E-state index in [9.17, 15) is 14.4 Å². The molecule has 1 aromatic heterocycles. The number of carbonyl (C=O) groups excluding carboxylic acids is 3. The summed E-state index contributed by atoms with van der Waals surface area (Å²) in [5.41, 5.74) is 4.19. The predicted octanol–water partition coefficient (Wildman–Crippen LogP) is 4.20. The van der Waals surface area contributed by atoms with Gasteiger partial charge in [-0.2, -0.15) is 0 Å². The second kappa shape index (κ2) is 11.8. The third-order valence-corrected chi connectivity index (χ3v) is 6.86. The Kier molecular flexibility index (Phi) is 7.82. The Balaban J connectivity index is 1.35. The first kappa shape index (κ1) is 25.9. The number of nitrogens with zero attached hydrogens (tertiary/aromatic N) is 2. The number of hydrogen-bond acceptors (Lipinski definition) is 6. The van der Waals surface area contributed by atoms with Crippen LogP contribution in [0, 0.1) is 0 Å². The second-order valence-electron chi connectivity index (χ2n) is 9.44. The number of para-hydroxylation sites is 1. The third-order valence-electron chi connectivity index (χ3n) is 6.86. The van der Waals surface area contributed by atoms with Gasteiger partial charge in [0.15, 0.2) is 0 Å². The van der Waals surface area contributed by atoms with Crippen molar-refractivity contribution in [2.45, 2.75) is 38.1 Å². The van der Waals surface area contributed by atoms with Crippen LogP contribution in [0.3, 0.4) is 0 Å². The Bertz CT molecular complexity index is 1490. The van der Waals surface area contributed by atoms with Crippen molar-refractivity contribution in [2.24, 2.45) is 0 Å². The number of benzene rings is 3. The lowest BCUT2D eigenvalue weighted by atomic mass is 9.93. The van der Waals surface area contributed by atoms with Crippen molar-refractivity contribution in [3.8, 4) is 0 Å². The van der Waals surface area contributed by atoms with Gasteiger partial charge in [0.2, 0.25) is 5.91 Å². The summed E-state index contributed by atoms with van der Waals surface area (Å²) in [6.07, 6.45) is -0.158. The van der Waals surface area contributed by atoms with E-state index >= 15 is 0 Å². The van der Waals surface area contributed by atoms with Gasteiger partial charge < -0.3 is 14.8 Å². The molecule has 5 rings (SSSR count). The van der Waals surface area contributed by atoms with Gasteiger partial charge in [0.1, 0.15) is 18.7 Å². The molecule has 8 nitrogen and oxygen atoms in total. The van der Waals surface area contributed by atoms with Crippen LogP contribution in [0.5, 0.6) is 0 Å². The summed E-state index contributed by atoms with van der Waals surface area (Å²) in [6.45, 7) is 0.307. The fourth-order valence-electron chi connectivity index (χ4n) is 4.79. The maximum atomic E-state index is 13.6. The molecule has 39 heavy (non-hydrogen) atoms. The summed E-state index contributed by atoms with van der Waals surface area (Å²) >= 11 is 0. The van der Waals surface area contributed by atoms with Crippen LogP contribution in [0.4, 0.5) is 4.79 Å². The zero-order valence-corrected chi connectivity index (χ0v) is 21.6. The first-order valence-electron chi connectivity index (χ1n) is 12.8. The largest absolute Gasteiger partial charge is 0.467 e. The molecule has 2 heterocycles. The summed E-state index contributed by atoms with van der Waals surface area (Å²) in [7, 11) is 1.28. The standard InChI is InChI=1S/C31H29N3O5/c1-38-30(36)27(18-25-16-15-22-11-7-8-14-26(22)32-25)33-29(35)28-17-23-12-5-6-13-24(23)19-34(28)31(37)39-20-21-9-3-2-4-10-21/h2-16,27-28H,17-20H2,1H3,(H,33,35)/t27-,28-/m0/s1. The number of amides is 2. The molecule has 0 unspecified atom stereocenters. The van der Waals surface area contributed by atoms with Crippen molar-refractivity contribution < 1.29 is 23.9 Å². The van der Waals surface area contributed by atoms with E-state index in [1.165, 1.54) is 12.0 Å². The number of esters is 1. The molecule has 198 valence electrons. The van der Waals surface area contributed by atoms with Crippen molar-refractivity contribution in [1.29, 1.82) is 0 Å². The van der Waals surface area contributed by atoms with Gasteiger partial charge in [-0.15, -0.1) is 0 Å². The molecule has 0 spiro atoms. The van der Waals surface area contributed by atoms with Crippen LogP contribution in [-0.4, -0.2) is 47.0 Å². The SMILES string of the molecule is COC(=O)[C@H](Cc1ccc2ccccc2n1)NC(=O)[C@@H]1Cc2ccccc2CN1C(=O)OCc1ccccc1. The molecule has 0 bridgehead atoms. The maximum Gasteiger partial charge on any atom is 0.411 e. The van der Waals surface area contributed by atoms with Crippen molar-refractivity contribution in [3.63, 3.8) is 0 Å². The van der Waals surface area contributed by atoms with E-state index in [1.54, 1.807) is 0 Å². The molecule has 0 saturated carbocycles. The molecule has 8 heteroatoms. The Morgan fingerprint density at radius 3 is 2.44 bits per heavy atom. The number of nitrogens with one attached hydrogen (secondary N) is 1. The van der Waals surface area contributed by atoms with E-state index in [0.29, 0.717) is 12.1 Å². The summed E-state index contributed by atoms with van der Waals surface area (Å²) in [5.74, 6) is -1.05. The van der Waals surface area contributed by atoms with Gasteiger partial charge in [0, 0.05) is 23.9 Å². The van der Waals surface area contributed by atoms with Gasteiger partial charge in [-0.3, -0.25) is 14.7 Å². The van der Waals surface area contributed by atoms with Crippen LogP contribution >= 0.6 is 0 Å². The fourth-order valence-corrected chi connectivity index (χ4v) is 4.79. The van der Waals surface area contributed by atoms with Gasteiger partial charge in [-0.1, -0.05) is 78.9 Å². The quantitative estimate of drug-likeness (QED) is 0.365. The fraction of sp³-hybridized carbons (Fsp3) is 0.226. The summed E-state index contributed by atoms with van der Waals surface area (Å²) in [5, 5.41) is 3.80. The van der Waals surface area contributed by atoms with E-state index in [1.807, 2.05) is 91.0 Å². The van der Waals surface area contributed by atoms with Gasteiger partial charge in [0.25, 0.3) is 0 Å². The molecular formula is C31H29N3O5. The minimum atomic E-state index is -0.976. The van der Waals surface area contributed by atoms with E-state index in [4.69, 9.17) is 9.47 Å². The second-order valence-corrected chi connectivity index (χ2v) is 9.44. The first-order chi connectivity index (χ1) is 19.0. The maximum absolute atomic E-state index is 13.6. The minimum absolute atomic E-state index is 0.0879. The molecule has 0 radical (unpaired) electrons. The topological polar surface area (TPSA) is 97.8 Å². The van der Waals surface area contributed by atoms with Crippen molar-refractivity contribution in [1.82, 2.24) is 15.2 Å². The molecule has 2 atom stereocenters. The first-order valence-corrected chi connectivity index (χ1v) is 12.8. The average Bonchev–Trinajstić information content (AvgIpc) is 2.98. The van der Waals surface area contributed by atoms with Crippen molar-refractivity contribution in [3.05, 3.63) is 113 Å². The van der Waals surface area contributed by atoms with Gasteiger partial charge >= 0.3 is 12.1 Å². The zero-order chi connectivity index (χ0) is 27.2.